The number of para-hydroxylation sites is 2. The Bertz CT molecular complexity index is 1800. The molecule has 0 spiro atoms. The maximum atomic E-state index is 13.8. The van der Waals surface area contributed by atoms with Gasteiger partial charge < -0.3 is 4.98 Å². The van der Waals surface area contributed by atoms with Crippen molar-refractivity contribution in [1.29, 1.82) is 0 Å². The highest BCUT2D eigenvalue weighted by molar-refractivity contribution is 8.18. The molecule has 0 radical (unpaired) electrons. The van der Waals surface area contributed by atoms with Crippen LogP contribution in [0.25, 0.3) is 17.0 Å². The molecule has 7 nitrogen and oxygen atoms in total. The van der Waals surface area contributed by atoms with Crippen LogP contribution in [0.5, 0.6) is 0 Å². The molecule has 5 aromatic rings. The van der Waals surface area contributed by atoms with E-state index in [1.165, 1.54) is 11.8 Å². The molecule has 0 atom stereocenters. The molecule has 0 bridgehead atoms. The molecule has 0 unspecified atom stereocenters. The summed E-state index contributed by atoms with van der Waals surface area (Å²) in [7, 11) is 0. The number of hydrogen-bond acceptors (Lipinski definition) is 4. The standard InChI is InChI=1S/C33H29N5O2S/c1-22-19-26(23(2)38(22)36-31(39)24-11-5-3-6-12-24)20-30-32(40)37(33(41-30)35-27-13-7-4-8-14-27)18-17-25-21-34-29-16-10-9-15-28(25)29/h3-16,19-21,34H,17-18H2,1-2H3,(H,36,39)/b30-20-,35-33?. The molecule has 1 fully saturated rings. The number of aryl methyl sites for hydroxylation is 1. The number of amidine groups is 1. The predicted molar refractivity (Wildman–Crippen MR) is 167 cm³/mol. The van der Waals surface area contributed by atoms with E-state index in [-0.39, 0.29) is 11.8 Å². The number of thioether (sulfide) groups is 1. The number of aromatic amines is 1. The molecule has 1 aliphatic rings. The molecule has 2 aromatic heterocycles. The number of fused-ring (bicyclic) bond motifs is 1. The van der Waals surface area contributed by atoms with Crippen molar-refractivity contribution in [2.24, 2.45) is 4.99 Å². The van der Waals surface area contributed by atoms with Crippen molar-refractivity contribution in [2.45, 2.75) is 20.3 Å². The second-order valence-corrected chi connectivity index (χ2v) is 10.9. The van der Waals surface area contributed by atoms with Crippen molar-refractivity contribution in [3.8, 4) is 0 Å². The molecule has 0 aliphatic carbocycles. The monoisotopic (exact) mass is 559 g/mol. The van der Waals surface area contributed by atoms with Crippen LogP contribution in [-0.2, 0) is 11.2 Å². The lowest BCUT2D eigenvalue weighted by Crippen LogP contribution is -2.31. The summed E-state index contributed by atoms with van der Waals surface area (Å²) in [4.78, 5) is 37.1. The Morgan fingerprint density at radius 3 is 2.46 bits per heavy atom. The van der Waals surface area contributed by atoms with Crippen LogP contribution in [-0.4, -0.2) is 38.1 Å². The van der Waals surface area contributed by atoms with E-state index in [1.807, 2.05) is 92.9 Å². The predicted octanol–water partition coefficient (Wildman–Crippen LogP) is 6.82. The van der Waals surface area contributed by atoms with Gasteiger partial charge in [-0.05, 0) is 85.6 Å². The quantitative estimate of drug-likeness (QED) is 0.215. The number of carbonyl (C=O) groups is 2. The van der Waals surface area contributed by atoms with Gasteiger partial charge in [-0.2, -0.15) is 0 Å². The van der Waals surface area contributed by atoms with Gasteiger partial charge in [0.2, 0.25) is 0 Å². The molecule has 2 amide bonds. The number of aromatic nitrogens is 2. The lowest BCUT2D eigenvalue weighted by Gasteiger charge is -2.15. The first-order valence-electron chi connectivity index (χ1n) is 13.4. The average molecular weight is 560 g/mol. The summed E-state index contributed by atoms with van der Waals surface area (Å²) in [5, 5.41) is 1.81. The van der Waals surface area contributed by atoms with Gasteiger partial charge in [0.25, 0.3) is 11.8 Å². The summed E-state index contributed by atoms with van der Waals surface area (Å²) in [5.41, 5.74) is 9.15. The number of nitrogens with one attached hydrogen (secondary N) is 2. The van der Waals surface area contributed by atoms with Gasteiger partial charge >= 0.3 is 0 Å². The van der Waals surface area contributed by atoms with Crippen molar-refractivity contribution in [3.05, 3.63) is 130 Å². The third kappa shape index (κ3) is 5.47. The fraction of sp³-hybridized carbons (Fsp3) is 0.121. The van der Waals surface area contributed by atoms with Crippen LogP contribution in [0.4, 0.5) is 5.69 Å². The van der Waals surface area contributed by atoms with Gasteiger partial charge in [0, 0.05) is 40.6 Å². The third-order valence-electron chi connectivity index (χ3n) is 7.15. The van der Waals surface area contributed by atoms with E-state index in [9.17, 15) is 9.59 Å². The van der Waals surface area contributed by atoms with Gasteiger partial charge in [-0.15, -0.1) is 0 Å². The van der Waals surface area contributed by atoms with Crippen molar-refractivity contribution < 1.29 is 9.59 Å². The highest BCUT2D eigenvalue weighted by atomic mass is 32.2. The SMILES string of the molecule is Cc1cc(/C=C2\SC(=Nc3ccccc3)N(CCc3c[nH]c4ccccc34)C2=O)c(C)n1NC(=O)c1ccccc1. The highest BCUT2D eigenvalue weighted by Crippen LogP contribution is 2.35. The normalized spacial score (nSPS) is 15.4. The zero-order chi connectivity index (χ0) is 28.3. The van der Waals surface area contributed by atoms with Gasteiger partial charge in [0.1, 0.15) is 0 Å². The summed E-state index contributed by atoms with van der Waals surface area (Å²) >= 11 is 1.38. The minimum atomic E-state index is -0.196. The molecule has 6 rings (SSSR count). The lowest BCUT2D eigenvalue weighted by molar-refractivity contribution is -0.122. The van der Waals surface area contributed by atoms with Crippen LogP contribution in [0, 0.1) is 13.8 Å². The van der Waals surface area contributed by atoms with Crippen molar-refractivity contribution in [2.75, 3.05) is 12.0 Å². The van der Waals surface area contributed by atoms with Crippen LogP contribution in [0.2, 0.25) is 0 Å². The van der Waals surface area contributed by atoms with Crippen LogP contribution in [0.1, 0.15) is 32.9 Å². The van der Waals surface area contributed by atoms with Gasteiger partial charge in [-0.1, -0.05) is 54.6 Å². The molecule has 3 aromatic carbocycles. The molecule has 1 saturated heterocycles. The Kier molecular flexibility index (Phi) is 7.31. The Morgan fingerprint density at radius 1 is 0.976 bits per heavy atom. The topological polar surface area (TPSA) is 82.5 Å². The number of carbonyl (C=O) groups excluding carboxylic acids is 2. The maximum absolute atomic E-state index is 13.8. The lowest BCUT2D eigenvalue weighted by atomic mass is 10.1. The molecule has 3 heterocycles. The second-order valence-electron chi connectivity index (χ2n) is 9.88. The smallest absolute Gasteiger partial charge is 0.270 e. The minimum absolute atomic E-state index is 0.0809. The van der Waals surface area contributed by atoms with Gasteiger partial charge in [0.15, 0.2) is 5.17 Å². The van der Waals surface area contributed by atoms with E-state index >= 15 is 0 Å². The van der Waals surface area contributed by atoms with Crippen molar-refractivity contribution in [1.82, 2.24) is 14.6 Å². The fourth-order valence-corrected chi connectivity index (χ4v) is 5.99. The van der Waals surface area contributed by atoms with Gasteiger partial charge in [-0.3, -0.25) is 24.6 Å². The Hall–Kier alpha value is -4.82. The maximum Gasteiger partial charge on any atom is 0.270 e. The number of H-pyrrole nitrogens is 1. The van der Waals surface area contributed by atoms with E-state index in [1.54, 1.807) is 21.7 Å². The van der Waals surface area contributed by atoms with E-state index in [0.717, 1.165) is 39.1 Å². The number of benzene rings is 3. The number of aliphatic imine (C=N–C) groups is 1. The fourth-order valence-electron chi connectivity index (χ4n) is 4.97. The third-order valence-corrected chi connectivity index (χ3v) is 8.16. The molecule has 204 valence electrons. The average Bonchev–Trinajstić information content (AvgIpc) is 3.62. The number of nitrogens with zero attached hydrogens (tertiary/aromatic N) is 3. The second kappa shape index (κ2) is 11.3. The molecule has 2 N–H and O–H groups in total. The van der Waals surface area contributed by atoms with Crippen LogP contribution in [0.15, 0.2) is 107 Å². The Morgan fingerprint density at radius 2 is 1.68 bits per heavy atom. The van der Waals surface area contributed by atoms with Crippen molar-refractivity contribution in [3.63, 3.8) is 0 Å². The summed E-state index contributed by atoms with van der Waals surface area (Å²) in [6.07, 6.45) is 4.60. The Balaban J connectivity index is 1.28. The first-order valence-corrected chi connectivity index (χ1v) is 14.2. The molecule has 41 heavy (non-hydrogen) atoms. The summed E-state index contributed by atoms with van der Waals surface area (Å²) in [5.74, 6) is -0.277. The van der Waals surface area contributed by atoms with Crippen LogP contribution < -0.4 is 5.43 Å². The zero-order valence-electron chi connectivity index (χ0n) is 22.8. The largest absolute Gasteiger partial charge is 0.361 e. The molecular formula is C33H29N5O2S. The molecule has 0 saturated carbocycles. The summed E-state index contributed by atoms with van der Waals surface area (Å²) in [6.45, 7) is 4.37. The van der Waals surface area contributed by atoms with Crippen LogP contribution >= 0.6 is 11.8 Å². The first-order chi connectivity index (χ1) is 20.0. The number of rotatable bonds is 7. The first kappa shape index (κ1) is 26.4. The zero-order valence-corrected chi connectivity index (χ0v) is 23.6. The Labute approximate surface area is 242 Å². The molecule has 1 aliphatic heterocycles. The molecular weight excluding hydrogens is 530 g/mol. The molecule has 8 heteroatoms. The highest BCUT2D eigenvalue weighted by Gasteiger charge is 2.33. The van der Waals surface area contributed by atoms with E-state index in [0.29, 0.717) is 28.6 Å². The van der Waals surface area contributed by atoms with E-state index in [4.69, 9.17) is 4.99 Å². The van der Waals surface area contributed by atoms with Gasteiger partial charge in [0.05, 0.1) is 10.6 Å². The van der Waals surface area contributed by atoms with Crippen molar-refractivity contribution >= 4 is 51.4 Å². The van der Waals surface area contributed by atoms with E-state index in [2.05, 4.69) is 22.5 Å². The van der Waals surface area contributed by atoms with E-state index < -0.39 is 0 Å². The van der Waals surface area contributed by atoms with Gasteiger partial charge in [-0.25, -0.2) is 4.99 Å². The summed E-state index contributed by atoms with van der Waals surface area (Å²) < 4.78 is 1.76. The minimum Gasteiger partial charge on any atom is -0.361 e. The number of amides is 2. The number of hydrogen-bond donors (Lipinski definition) is 2. The summed E-state index contributed by atoms with van der Waals surface area (Å²) in [6, 6.07) is 28.9. The van der Waals surface area contributed by atoms with Crippen LogP contribution in [0.3, 0.4) is 0 Å².